The summed E-state index contributed by atoms with van der Waals surface area (Å²) in [5, 5.41) is 3.81. The highest BCUT2D eigenvalue weighted by Crippen LogP contribution is 2.41. The van der Waals surface area contributed by atoms with Crippen molar-refractivity contribution < 1.29 is 0 Å². The third kappa shape index (κ3) is 1.25. The molecule has 0 radical (unpaired) electrons. The fraction of sp³-hybridized carbons (Fsp3) is 0.833. The minimum absolute atomic E-state index is 0.738. The molecule has 2 aliphatic carbocycles. The zero-order valence-corrected chi connectivity index (χ0v) is 8.21. The van der Waals surface area contributed by atoms with Gasteiger partial charge in [0.05, 0.1) is 0 Å². The molecular formula is C12H19N. The number of allylic oxidation sites excluding steroid dienone is 1. The third-order valence-corrected chi connectivity index (χ3v) is 4.25. The van der Waals surface area contributed by atoms with Crippen LogP contribution in [-0.2, 0) is 0 Å². The maximum absolute atomic E-state index is 3.81. The van der Waals surface area contributed by atoms with Crippen LogP contribution < -0.4 is 5.32 Å². The molecule has 1 N–H and O–H groups in total. The lowest BCUT2D eigenvalue weighted by molar-refractivity contribution is 0.260. The van der Waals surface area contributed by atoms with E-state index < -0.39 is 0 Å². The van der Waals surface area contributed by atoms with Gasteiger partial charge in [0.25, 0.3) is 0 Å². The monoisotopic (exact) mass is 177 g/mol. The molecule has 4 atom stereocenters. The topological polar surface area (TPSA) is 12.0 Å². The predicted octanol–water partition coefficient (Wildman–Crippen LogP) is 2.48. The van der Waals surface area contributed by atoms with Crippen LogP contribution in [0.2, 0.25) is 0 Å². The second-order valence-corrected chi connectivity index (χ2v) is 4.92. The van der Waals surface area contributed by atoms with E-state index in [1.807, 2.05) is 0 Å². The molecule has 0 aromatic carbocycles. The molecule has 1 aliphatic heterocycles. The van der Waals surface area contributed by atoms with Crippen molar-refractivity contribution in [3.63, 3.8) is 0 Å². The average Bonchev–Trinajstić information content (AvgIpc) is 2.56. The molecule has 4 unspecified atom stereocenters. The van der Waals surface area contributed by atoms with Crippen LogP contribution in [0.25, 0.3) is 0 Å². The fourth-order valence-corrected chi connectivity index (χ4v) is 3.64. The first kappa shape index (κ1) is 8.05. The second kappa shape index (κ2) is 3.13. The van der Waals surface area contributed by atoms with Crippen LogP contribution in [0.3, 0.4) is 0 Å². The largest absolute Gasteiger partial charge is 0.307 e. The Morgan fingerprint density at radius 1 is 1.00 bits per heavy atom. The first-order valence-corrected chi connectivity index (χ1v) is 5.88. The molecule has 3 rings (SSSR count). The molecule has 0 aromatic heterocycles. The Hall–Kier alpha value is -0.300. The van der Waals surface area contributed by atoms with Gasteiger partial charge in [-0.1, -0.05) is 25.0 Å². The molecule has 2 fully saturated rings. The van der Waals surface area contributed by atoms with Gasteiger partial charge < -0.3 is 5.32 Å². The molecule has 0 aromatic rings. The van der Waals surface area contributed by atoms with E-state index in [1.165, 1.54) is 38.5 Å². The van der Waals surface area contributed by atoms with E-state index in [2.05, 4.69) is 17.5 Å². The Balaban J connectivity index is 1.81. The summed E-state index contributed by atoms with van der Waals surface area (Å²) in [6.45, 7) is 0. The van der Waals surface area contributed by atoms with Crippen molar-refractivity contribution in [1.29, 1.82) is 0 Å². The molecule has 72 valence electrons. The quantitative estimate of drug-likeness (QED) is 0.560. The standard InChI is InChI=1S/C12H19N/c1-3-7-11-9(5-1)10-6-2-4-8-12(10)13-11/h3,7,9-13H,1-2,4-6,8H2. The summed E-state index contributed by atoms with van der Waals surface area (Å²) in [7, 11) is 0. The Morgan fingerprint density at radius 3 is 2.92 bits per heavy atom. The van der Waals surface area contributed by atoms with E-state index in [4.69, 9.17) is 0 Å². The van der Waals surface area contributed by atoms with Crippen molar-refractivity contribution in [2.45, 2.75) is 50.6 Å². The van der Waals surface area contributed by atoms with Gasteiger partial charge in [-0.3, -0.25) is 0 Å². The van der Waals surface area contributed by atoms with Gasteiger partial charge in [-0.25, -0.2) is 0 Å². The van der Waals surface area contributed by atoms with Gasteiger partial charge >= 0.3 is 0 Å². The highest BCUT2D eigenvalue weighted by Gasteiger charge is 2.42. The molecular weight excluding hydrogens is 158 g/mol. The van der Waals surface area contributed by atoms with E-state index in [1.54, 1.807) is 0 Å². The summed E-state index contributed by atoms with van der Waals surface area (Å²) in [6.07, 6.45) is 13.4. The van der Waals surface area contributed by atoms with Crippen LogP contribution in [0.1, 0.15) is 38.5 Å². The lowest BCUT2D eigenvalue weighted by atomic mass is 9.75. The van der Waals surface area contributed by atoms with Crippen molar-refractivity contribution in [1.82, 2.24) is 5.32 Å². The first-order chi connectivity index (χ1) is 6.45. The lowest BCUT2D eigenvalue weighted by Gasteiger charge is -2.29. The number of hydrogen-bond acceptors (Lipinski definition) is 1. The van der Waals surface area contributed by atoms with E-state index in [9.17, 15) is 0 Å². The highest BCUT2D eigenvalue weighted by atomic mass is 15.0. The lowest BCUT2D eigenvalue weighted by Crippen LogP contribution is -2.32. The van der Waals surface area contributed by atoms with Gasteiger partial charge in [0.2, 0.25) is 0 Å². The predicted molar refractivity (Wildman–Crippen MR) is 54.5 cm³/mol. The molecule has 1 saturated heterocycles. The summed E-state index contributed by atoms with van der Waals surface area (Å²) in [5.74, 6) is 2.00. The van der Waals surface area contributed by atoms with E-state index in [-0.39, 0.29) is 0 Å². The second-order valence-electron chi connectivity index (χ2n) is 4.92. The number of rotatable bonds is 0. The number of nitrogens with one attached hydrogen (secondary N) is 1. The number of fused-ring (bicyclic) bond motifs is 3. The highest BCUT2D eigenvalue weighted by molar-refractivity contribution is 5.10. The number of hydrogen-bond donors (Lipinski definition) is 1. The molecule has 13 heavy (non-hydrogen) atoms. The first-order valence-electron chi connectivity index (χ1n) is 5.88. The molecule has 3 aliphatic rings. The SMILES string of the molecule is C1=CC2NC3CCCCC3C2CC1. The fourth-order valence-electron chi connectivity index (χ4n) is 3.64. The van der Waals surface area contributed by atoms with Crippen LogP contribution in [-0.4, -0.2) is 12.1 Å². The van der Waals surface area contributed by atoms with Crippen LogP contribution in [0.4, 0.5) is 0 Å². The van der Waals surface area contributed by atoms with Gasteiger partial charge in [-0.15, -0.1) is 0 Å². The van der Waals surface area contributed by atoms with Crippen molar-refractivity contribution in [2.75, 3.05) is 0 Å². The van der Waals surface area contributed by atoms with Crippen LogP contribution in [0.15, 0.2) is 12.2 Å². The molecule has 1 saturated carbocycles. The summed E-state index contributed by atoms with van der Waals surface area (Å²) in [5.41, 5.74) is 0. The van der Waals surface area contributed by atoms with Gasteiger partial charge in [-0.05, 0) is 37.5 Å². The van der Waals surface area contributed by atoms with E-state index in [0.717, 1.165) is 23.9 Å². The van der Waals surface area contributed by atoms with Gasteiger partial charge in [0.1, 0.15) is 0 Å². The summed E-state index contributed by atoms with van der Waals surface area (Å²) in [4.78, 5) is 0. The minimum Gasteiger partial charge on any atom is -0.307 e. The minimum atomic E-state index is 0.738. The normalized spacial score (nSPS) is 48.6. The zero-order valence-electron chi connectivity index (χ0n) is 8.21. The molecule has 1 heterocycles. The Labute approximate surface area is 80.6 Å². The molecule has 0 spiro atoms. The maximum Gasteiger partial charge on any atom is 0.0284 e. The molecule has 0 bridgehead atoms. The molecule has 1 nitrogen and oxygen atoms in total. The van der Waals surface area contributed by atoms with Crippen molar-refractivity contribution >= 4 is 0 Å². The Morgan fingerprint density at radius 2 is 1.92 bits per heavy atom. The Kier molecular flexibility index (Phi) is 1.93. The van der Waals surface area contributed by atoms with Gasteiger partial charge in [0, 0.05) is 12.1 Å². The van der Waals surface area contributed by atoms with Gasteiger partial charge in [0.15, 0.2) is 0 Å². The van der Waals surface area contributed by atoms with Crippen LogP contribution in [0.5, 0.6) is 0 Å². The maximum atomic E-state index is 3.81. The summed E-state index contributed by atoms with van der Waals surface area (Å²) in [6, 6.07) is 1.60. The van der Waals surface area contributed by atoms with Crippen LogP contribution >= 0.6 is 0 Å². The average molecular weight is 177 g/mol. The molecule has 0 amide bonds. The van der Waals surface area contributed by atoms with Crippen molar-refractivity contribution in [3.8, 4) is 0 Å². The zero-order chi connectivity index (χ0) is 8.67. The van der Waals surface area contributed by atoms with Crippen LogP contribution in [0, 0.1) is 11.8 Å². The molecule has 1 heteroatoms. The Bertz CT molecular complexity index is 221. The third-order valence-electron chi connectivity index (χ3n) is 4.25. The smallest absolute Gasteiger partial charge is 0.0284 e. The summed E-state index contributed by atoms with van der Waals surface area (Å²) < 4.78 is 0. The van der Waals surface area contributed by atoms with Crippen molar-refractivity contribution in [2.24, 2.45) is 11.8 Å². The van der Waals surface area contributed by atoms with E-state index >= 15 is 0 Å². The summed E-state index contributed by atoms with van der Waals surface area (Å²) >= 11 is 0. The van der Waals surface area contributed by atoms with Crippen molar-refractivity contribution in [3.05, 3.63) is 12.2 Å². The van der Waals surface area contributed by atoms with E-state index in [0.29, 0.717) is 0 Å². The van der Waals surface area contributed by atoms with Gasteiger partial charge in [-0.2, -0.15) is 0 Å².